The molecule has 32 heavy (non-hydrogen) atoms. The largest absolute Gasteiger partial charge is 0.457 e. The summed E-state index contributed by atoms with van der Waals surface area (Å²) in [5, 5.41) is 9.03. The fraction of sp³-hybridized carbons (Fsp3) is 0.208. The first-order valence-corrected chi connectivity index (χ1v) is 11.1. The van der Waals surface area contributed by atoms with Gasteiger partial charge in [-0.05, 0) is 61.2 Å². The van der Waals surface area contributed by atoms with Crippen molar-refractivity contribution >= 4 is 34.8 Å². The maximum Gasteiger partial charge on any atom is 0.306 e. The van der Waals surface area contributed by atoms with E-state index in [9.17, 15) is 14.4 Å². The Labute approximate surface area is 190 Å². The average Bonchev–Trinajstić information content (AvgIpc) is 3.34. The Morgan fingerprint density at radius 3 is 2.38 bits per heavy atom. The molecule has 0 aliphatic carbocycles. The SMILES string of the molecule is CC(OC(=O)CCCNC(=O)c1ccsc1)C(=O)Nc1ccc(Oc2ccccc2)cc1. The molecule has 8 heteroatoms. The molecular formula is C24H24N2O5S. The van der Waals surface area contributed by atoms with Crippen LogP contribution in [0.3, 0.4) is 0 Å². The topological polar surface area (TPSA) is 93.7 Å². The number of amides is 2. The van der Waals surface area contributed by atoms with Crippen molar-refractivity contribution in [2.24, 2.45) is 0 Å². The summed E-state index contributed by atoms with van der Waals surface area (Å²) in [4.78, 5) is 36.1. The number of ether oxygens (including phenoxy) is 2. The second-order valence-corrected chi connectivity index (χ2v) is 7.71. The summed E-state index contributed by atoms with van der Waals surface area (Å²) in [5.74, 6) is 0.257. The number of carbonyl (C=O) groups is 3. The van der Waals surface area contributed by atoms with Gasteiger partial charge >= 0.3 is 5.97 Å². The van der Waals surface area contributed by atoms with Gasteiger partial charge in [0, 0.05) is 29.6 Å². The summed E-state index contributed by atoms with van der Waals surface area (Å²) in [6.07, 6.45) is -0.415. The summed E-state index contributed by atoms with van der Waals surface area (Å²) in [6, 6.07) is 18.0. The van der Waals surface area contributed by atoms with Gasteiger partial charge in [0.15, 0.2) is 6.10 Å². The lowest BCUT2D eigenvalue weighted by Crippen LogP contribution is -2.30. The molecule has 3 aromatic rings. The molecule has 2 aromatic carbocycles. The van der Waals surface area contributed by atoms with Gasteiger partial charge in [-0.1, -0.05) is 18.2 Å². The van der Waals surface area contributed by atoms with Crippen molar-refractivity contribution in [3.05, 3.63) is 77.0 Å². The van der Waals surface area contributed by atoms with Gasteiger partial charge in [0.2, 0.25) is 0 Å². The summed E-state index contributed by atoms with van der Waals surface area (Å²) < 4.78 is 10.9. The maximum atomic E-state index is 12.3. The van der Waals surface area contributed by atoms with Crippen molar-refractivity contribution in [2.75, 3.05) is 11.9 Å². The zero-order valence-electron chi connectivity index (χ0n) is 17.6. The number of thiophene rings is 1. The molecule has 0 radical (unpaired) electrons. The van der Waals surface area contributed by atoms with E-state index in [0.29, 0.717) is 30.0 Å². The first-order valence-electron chi connectivity index (χ1n) is 10.1. The van der Waals surface area contributed by atoms with Crippen LogP contribution in [-0.4, -0.2) is 30.4 Å². The third kappa shape index (κ3) is 7.24. The predicted octanol–water partition coefficient (Wildman–Crippen LogP) is 4.62. The number of nitrogens with one attached hydrogen (secondary N) is 2. The van der Waals surface area contributed by atoms with E-state index in [4.69, 9.17) is 9.47 Å². The van der Waals surface area contributed by atoms with Crippen LogP contribution in [0.2, 0.25) is 0 Å². The van der Waals surface area contributed by atoms with Crippen LogP contribution in [0.5, 0.6) is 11.5 Å². The third-order valence-electron chi connectivity index (χ3n) is 4.40. The molecule has 166 valence electrons. The molecule has 7 nitrogen and oxygen atoms in total. The van der Waals surface area contributed by atoms with Gasteiger partial charge in [0.1, 0.15) is 11.5 Å². The van der Waals surface area contributed by atoms with Crippen molar-refractivity contribution in [1.29, 1.82) is 0 Å². The number of rotatable bonds is 10. The lowest BCUT2D eigenvalue weighted by molar-refractivity contribution is -0.153. The van der Waals surface area contributed by atoms with E-state index in [0.717, 1.165) is 5.75 Å². The third-order valence-corrected chi connectivity index (χ3v) is 5.09. The number of hydrogen-bond acceptors (Lipinski definition) is 6. The highest BCUT2D eigenvalue weighted by molar-refractivity contribution is 7.08. The molecule has 1 heterocycles. The maximum absolute atomic E-state index is 12.3. The van der Waals surface area contributed by atoms with Crippen molar-refractivity contribution in [2.45, 2.75) is 25.9 Å². The minimum Gasteiger partial charge on any atom is -0.457 e. The molecule has 0 fully saturated rings. The summed E-state index contributed by atoms with van der Waals surface area (Å²) in [5.41, 5.74) is 1.16. The van der Waals surface area contributed by atoms with E-state index in [1.54, 1.807) is 35.7 Å². The molecule has 0 aliphatic heterocycles. The summed E-state index contributed by atoms with van der Waals surface area (Å²) in [7, 11) is 0. The van der Waals surface area contributed by atoms with Crippen LogP contribution in [0, 0.1) is 0 Å². The lowest BCUT2D eigenvalue weighted by Gasteiger charge is -2.14. The average molecular weight is 453 g/mol. The Kier molecular flexibility index (Phi) is 8.39. The summed E-state index contributed by atoms with van der Waals surface area (Å²) in [6.45, 7) is 1.86. The number of esters is 1. The number of benzene rings is 2. The van der Waals surface area contributed by atoms with Crippen molar-refractivity contribution in [3.63, 3.8) is 0 Å². The normalized spacial score (nSPS) is 11.3. The first kappa shape index (κ1) is 23.0. The Bertz CT molecular complexity index is 1020. The number of carbonyl (C=O) groups excluding carboxylic acids is 3. The highest BCUT2D eigenvalue weighted by Gasteiger charge is 2.18. The van der Waals surface area contributed by atoms with Gasteiger partial charge in [-0.25, -0.2) is 0 Å². The van der Waals surface area contributed by atoms with Gasteiger partial charge in [0.25, 0.3) is 11.8 Å². The minimum absolute atomic E-state index is 0.104. The first-order chi connectivity index (χ1) is 15.5. The Morgan fingerprint density at radius 1 is 0.969 bits per heavy atom. The zero-order valence-corrected chi connectivity index (χ0v) is 18.4. The quantitative estimate of drug-likeness (QED) is 0.346. The zero-order chi connectivity index (χ0) is 22.8. The molecule has 3 rings (SSSR count). The van der Waals surface area contributed by atoms with Crippen LogP contribution in [0.1, 0.15) is 30.1 Å². The fourth-order valence-corrected chi connectivity index (χ4v) is 3.35. The van der Waals surface area contributed by atoms with E-state index in [-0.39, 0.29) is 12.3 Å². The van der Waals surface area contributed by atoms with Gasteiger partial charge in [0.05, 0.1) is 0 Å². The molecule has 1 aromatic heterocycles. The molecular weight excluding hydrogens is 428 g/mol. The molecule has 1 unspecified atom stereocenters. The monoisotopic (exact) mass is 452 g/mol. The van der Waals surface area contributed by atoms with Crippen LogP contribution in [0.4, 0.5) is 5.69 Å². The molecule has 0 bridgehead atoms. The van der Waals surface area contributed by atoms with E-state index in [1.807, 2.05) is 35.7 Å². The van der Waals surface area contributed by atoms with Crippen LogP contribution < -0.4 is 15.4 Å². The molecule has 0 saturated heterocycles. The Morgan fingerprint density at radius 2 is 1.69 bits per heavy atom. The molecule has 0 aliphatic rings. The van der Waals surface area contributed by atoms with Crippen molar-refractivity contribution in [1.82, 2.24) is 5.32 Å². The predicted molar refractivity (Wildman–Crippen MR) is 123 cm³/mol. The Hall–Kier alpha value is -3.65. The van der Waals surface area contributed by atoms with Crippen LogP contribution in [0.15, 0.2) is 71.4 Å². The fourth-order valence-electron chi connectivity index (χ4n) is 2.71. The molecule has 1 atom stereocenters. The lowest BCUT2D eigenvalue weighted by atomic mass is 10.2. The van der Waals surface area contributed by atoms with Crippen molar-refractivity contribution < 1.29 is 23.9 Å². The smallest absolute Gasteiger partial charge is 0.306 e. The molecule has 0 spiro atoms. The summed E-state index contributed by atoms with van der Waals surface area (Å²) >= 11 is 1.44. The Balaban J connectivity index is 1.36. The highest BCUT2D eigenvalue weighted by Crippen LogP contribution is 2.22. The van der Waals surface area contributed by atoms with Gasteiger partial charge < -0.3 is 20.1 Å². The number of para-hydroxylation sites is 1. The number of anilines is 1. The van der Waals surface area contributed by atoms with Crippen LogP contribution >= 0.6 is 11.3 Å². The van der Waals surface area contributed by atoms with Crippen molar-refractivity contribution in [3.8, 4) is 11.5 Å². The second kappa shape index (κ2) is 11.7. The van der Waals surface area contributed by atoms with Crippen LogP contribution in [-0.2, 0) is 14.3 Å². The van der Waals surface area contributed by atoms with Crippen LogP contribution in [0.25, 0.3) is 0 Å². The van der Waals surface area contributed by atoms with Gasteiger partial charge in [-0.15, -0.1) is 0 Å². The molecule has 2 N–H and O–H groups in total. The van der Waals surface area contributed by atoms with Gasteiger partial charge in [-0.3, -0.25) is 14.4 Å². The highest BCUT2D eigenvalue weighted by atomic mass is 32.1. The van der Waals surface area contributed by atoms with E-state index < -0.39 is 18.0 Å². The standard InChI is InChI=1S/C24H24N2O5S/c1-17(30-22(27)8-5-14-25-24(29)18-13-15-32-16-18)23(28)26-19-9-11-21(12-10-19)31-20-6-3-2-4-7-20/h2-4,6-7,9-13,15-17H,5,8,14H2,1H3,(H,25,29)(H,26,28). The second-order valence-electron chi connectivity index (χ2n) is 6.93. The van der Waals surface area contributed by atoms with Gasteiger partial charge in [-0.2, -0.15) is 11.3 Å². The molecule has 0 saturated carbocycles. The molecule has 2 amide bonds. The number of hydrogen-bond donors (Lipinski definition) is 2. The minimum atomic E-state index is -0.942. The van der Waals surface area contributed by atoms with E-state index >= 15 is 0 Å². The van der Waals surface area contributed by atoms with E-state index in [2.05, 4.69) is 10.6 Å². The van der Waals surface area contributed by atoms with E-state index in [1.165, 1.54) is 18.3 Å².